The first kappa shape index (κ1) is 16.0. The van der Waals surface area contributed by atoms with E-state index in [1.165, 1.54) is 24.3 Å². The van der Waals surface area contributed by atoms with Gasteiger partial charge in [0.2, 0.25) is 0 Å². The normalized spacial score (nSPS) is 11.1. The van der Waals surface area contributed by atoms with Gasteiger partial charge in [0.25, 0.3) is 11.1 Å². The van der Waals surface area contributed by atoms with Crippen LogP contribution in [0.1, 0.15) is 26.3 Å². The Morgan fingerprint density at radius 3 is 2.18 bits per heavy atom. The van der Waals surface area contributed by atoms with Gasteiger partial charge in [0.1, 0.15) is 5.82 Å². The Bertz CT molecular complexity index is 715. The van der Waals surface area contributed by atoms with Gasteiger partial charge >= 0.3 is 6.18 Å². The number of rotatable bonds is 3. The number of alkyl halides is 3. The van der Waals surface area contributed by atoms with Gasteiger partial charge in [0, 0.05) is 17.3 Å². The summed E-state index contributed by atoms with van der Waals surface area (Å²) in [4.78, 5) is 26.5. The Kier molecular flexibility index (Phi) is 4.46. The smallest absolute Gasteiger partial charge is 0.307 e. The van der Waals surface area contributed by atoms with Gasteiger partial charge in [-0.05, 0) is 48.0 Å². The Balaban J connectivity index is 2.17. The second-order valence-corrected chi connectivity index (χ2v) is 4.58. The number of carbonyl (C=O) groups is 2. The first-order valence-electron chi connectivity index (χ1n) is 5.92. The predicted octanol–water partition coefficient (Wildman–Crippen LogP) is 3.73. The second kappa shape index (κ2) is 6.15. The van der Waals surface area contributed by atoms with E-state index >= 15 is 0 Å². The molecule has 2 aromatic rings. The zero-order valence-electron chi connectivity index (χ0n) is 10.8. The number of anilines is 1. The Morgan fingerprint density at radius 2 is 1.64 bits per heavy atom. The van der Waals surface area contributed by atoms with Gasteiger partial charge < -0.3 is 5.32 Å². The minimum absolute atomic E-state index is 0.154. The minimum atomic E-state index is -4.52. The first-order chi connectivity index (χ1) is 10.3. The molecule has 1 aromatic heterocycles. The molecule has 0 aliphatic rings. The second-order valence-electron chi connectivity index (χ2n) is 4.23. The maximum Gasteiger partial charge on any atom is 0.416 e. The quantitative estimate of drug-likeness (QED) is 0.873. The molecule has 0 spiro atoms. The van der Waals surface area contributed by atoms with Gasteiger partial charge in [-0.2, -0.15) is 13.2 Å². The van der Waals surface area contributed by atoms with E-state index in [0.29, 0.717) is 0 Å². The van der Waals surface area contributed by atoms with Gasteiger partial charge in [-0.1, -0.05) is 0 Å². The lowest BCUT2D eigenvalue weighted by molar-refractivity contribution is -0.137. The molecule has 0 saturated carbocycles. The number of pyridine rings is 1. The van der Waals surface area contributed by atoms with E-state index in [4.69, 9.17) is 11.6 Å². The Hall–Kier alpha value is -2.41. The highest BCUT2D eigenvalue weighted by atomic mass is 35.5. The number of nitrogens with zero attached hydrogens (tertiary/aromatic N) is 1. The molecule has 0 aliphatic heterocycles. The van der Waals surface area contributed by atoms with Gasteiger partial charge in [-0.3, -0.25) is 9.59 Å². The summed E-state index contributed by atoms with van der Waals surface area (Å²) in [5.41, 5.74) is -0.558. The number of amides is 1. The lowest BCUT2D eigenvalue weighted by atomic mass is 10.1. The van der Waals surface area contributed by atoms with E-state index in [9.17, 15) is 22.8 Å². The van der Waals surface area contributed by atoms with Crippen molar-refractivity contribution in [3.8, 4) is 0 Å². The van der Waals surface area contributed by atoms with Crippen molar-refractivity contribution < 1.29 is 22.8 Å². The molecule has 0 saturated heterocycles. The van der Waals surface area contributed by atoms with E-state index < -0.39 is 22.9 Å². The maximum atomic E-state index is 12.6. The van der Waals surface area contributed by atoms with Crippen molar-refractivity contribution in [2.24, 2.45) is 0 Å². The van der Waals surface area contributed by atoms with Gasteiger partial charge in [-0.15, -0.1) is 0 Å². The number of aromatic nitrogens is 1. The van der Waals surface area contributed by atoms with Crippen LogP contribution in [0.4, 0.5) is 19.0 Å². The third kappa shape index (κ3) is 3.82. The van der Waals surface area contributed by atoms with Crippen LogP contribution in [0.5, 0.6) is 0 Å². The molecule has 114 valence electrons. The molecular formula is C14H8ClF3N2O2. The summed E-state index contributed by atoms with van der Waals surface area (Å²) in [6.45, 7) is 0. The van der Waals surface area contributed by atoms with E-state index in [1.807, 2.05) is 0 Å². The third-order valence-corrected chi connectivity index (χ3v) is 2.92. The minimum Gasteiger partial charge on any atom is -0.307 e. The molecule has 1 amide bonds. The summed E-state index contributed by atoms with van der Waals surface area (Å²) in [5.74, 6) is -0.877. The van der Waals surface area contributed by atoms with Crippen LogP contribution >= 0.6 is 11.6 Å². The molecule has 0 fully saturated rings. The molecule has 1 heterocycles. The van der Waals surface area contributed by atoms with Crippen LogP contribution < -0.4 is 5.32 Å². The fourth-order valence-electron chi connectivity index (χ4n) is 1.62. The lowest BCUT2D eigenvalue weighted by Crippen LogP contribution is -2.14. The molecule has 1 aromatic carbocycles. The number of hydrogen-bond donors (Lipinski definition) is 1. The standard InChI is InChI=1S/C14H8ClF3N2O2/c15-12(21)8-1-3-9(4-2-8)13(22)20-11-7-10(5-6-19-11)14(16,17)18/h1-7H,(H,19,20,22). The highest BCUT2D eigenvalue weighted by Crippen LogP contribution is 2.29. The largest absolute Gasteiger partial charge is 0.416 e. The SMILES string of the molecule is O=C(Cl)c1ccc(C(=O)Nc2cc(C(F)(F)F)ccn2)cc1. The van der Waals surface area contributed by atoms with Crippen molar-refractivity contribution in [3.05, 3.63) is 59.3 Å². The highest BCUT2D eigenvalue weighted by molar-refractivity contribution is 6.67. The molecular weight excluding hydrogens is 321 g/mol. The number of carbonyl (C=O) groups excluding carboxylic acids is 2. The predicted molar refractivity (Wildman–Crippen MR) is 73.8 cm³/mol. The van der Waals surface area contributed by atoms with Gasteiger partial charge in [-0.25, -0.2) is 4.98 Å². The van der Waals surface area contributed by atoms with Crippen LogP contribution in [-0.2, 0) is 6.18 Å². The van der Waals surface area contributed by atoms with Crippen LogP contribution in [0.15, 0.2) is 42.6 Å². The number of halogens is 4. The molecule has 2 rings (SSSR count). The van der Waals surface area contributed by atoms with Crippen molar-refractivity contribution in [2.75, 3.05) is 5.32 Å². The van der Waals surface area contributed by atoms with Crippen LogP contribution in [0.2, 0.25) is 0 Å². The number of nitrogens with one attached hydrogen (secondary N) is 1. The van der Waals surface area contributed by atoms with E-state index in [0.717, 1.165) is 18.3 Å². The fraction of sp³-hybridized carbons (Fsp3) is 0.0714. The summed E-state index contributed by atoms with van der Waals surface area (Å²) in [6.07, 6.45) is -3.57. The summed E-state index contributed by atoms with van der Waals surface area (Å²) in [5, 5.41) is 1.58. The van der Waals surface area contributed by atoms with Crippen LogP contribution in [0, 0.1) is 0 Å². The topological polar surface area (TPSA) is 59.1 Å². The van der Waals surface area contributed by atoms with Crippen molar-refractivity contribution in [1.82, 2.24) is 4.98 Å². The van der Waals surface area contributed by atoms with Crippen molar-refractivity contribution in [1.29, 1.82) is 0 Å². The van der Waals surface area contributed by atoms with Crippen molar-refractivity contribution in [2.45, 2.75) is 6.18 Å². The van der Waals surface area contributed by atoms with Crippen molar-refractivity contribution in [3.63, 3.8) is 0 Å². The molecule has 0 bridgehead atoms. The lowest BCUT2D eigenvalue weighted by Gasteiger charge is -2.09. The highest BCUT2D eigenvalue weighted by Gasteiger charge is 2.30. The molecule has 1 N–H and O–H groups in total. The van der Waals surface area contributed by atoms with Gasteiger partial charge in [0.05, 0.1) is 5.56 Å². The van der Waals surface area contributed by atoms with Crippen LogP contribution in [0.3, 0.4) is 0 Å². The molecule has 0 unspecified atom stereocenters. The molecule has 8 heteroatoms. The summed E-state index contributed by atoms with van der Waals surface area (Å²) in [7, 11) is 0. The average molecular weight is 329 g/mol. The Labute approximate surface area is 127 Å². The average Bonchev–Trinajstić information content (AvgIpc) is 2.46. The van der Waals surface area contributed by atoms with E-state index in [2.05, 4.69) is 10.3 Å². The molecule has 22 heavy (non-hydrogen) atoms. The summed E-state index contributed by atoms with van der Waals surface area (Å²) >= 11 is 5.27. The van der Waals surface area contributed by atoms with E-state index in [-0.39, 0.29) is 16.9 Å². The maximum absolute atomic E-state index is 12.6. The monoisotopic (exact) mass is 328 g/mol. The molecule has 0 atom stereocenters. The number of hydrogen-bond acceptors (Lipinski definition) is 3. The molecule has 0 radical (unpaired) electrons. The summed E-state index contributed by atoms with van der Waals surface area (Å²) < 4.78 is 37.7. The zero-order chi connectivity index (χ0) is 16.3. The van der Waals surface area contributed by atoms with E-state index in [1.54, 1.807) is 0 Å². The fourth-order valence-corrected chi connectivity index (χ4v) is 1.74. The van der Waals surface area contributed by atoms with Crippen LogP contribution in [0.25, 0.3) is 0 Å². The first-order valence-corrected chi connectivity index (χ1v) is 6.29. The Morgan fingerprint density at radius 1 is 1.05 bits per heavy atom. The third-order valence-electron chi connectivity index (χ3n) is 2.70. The van der Waals surface area contributed by atoms with Gasteiger partial charge in [0.15, 0.2) is 0 Å². The van der Waals surface area contributed by atoms with Crippen molar-refractivity contribution >= 4 is 28.6 Å². The molecule has 0 aliphatic carbocycles. The summed E-state index contributed by atoms with van der Waals surface area (Å²) in [6, 6.07) is 6.87. The zero-order valence-corrected chi connectivity index (χ0v) is 11.6. The van der Waals surface area contributed by atoms with Crippen LogP contribution in [-0.4, -0.2) is 16.1 Å². The molecule has 4 nitrogen and oxygen atoms in total. The number of benzene rings is 1.